The number of likely N-dealkylation sites (N-methyl/N-ethyl adjacent to an activating group) is 1. The molecule has 1 N–H and O–H groups in total. The normalized spacial score (nSPS) is 11.1. The molecular weight excluding hydrogens is 400 g/mol. The predicted octanol–water partition coefficient (Wildman–Crippen LogP) is 3.80. The van der Waals surface area contributed by atoms with Gasteiger partial charge in [-0.3, -0.25) is 14.4 Å². The van der Waals surface area contributed by atoms with Gasteiger partial charge in [-0.15, -0.1) is 0 Å². The molecule has 2 heterocycles. The van der Waals surface area contributed by atoms with Crippen molar-refractivity contribution in [3.63, 3.8) is 0 Å². The lowest BCUT2D eigenvalue weighted by molar-refractivity contribution is -0.117. The van der Waals surface area contributed by atoms with Gasteiger partial charge in [0.25, 0.3) is 0 Å². The number of carbonyl (C=O) groups excluding carboxylic acids is 1. The second kappa shape index (κ2) is 9.62. The SMILES string of the molecule is Cc1nn(-c2ccccc2)c(C)c1NC(=O)CN(C)Cc1cnn(Cc2ccccc2)c1. The van der Waals surface area contributed by atoms with E-state index in [1.807, 2.05) is 96.1 Å². The fourth-order valence-electron chi connectivity index (χ4n) is 3.78. The minimum absolute atomic E-state index is 0.0667. The fraction of sp³-hybridized carbons (Fsp3) is 0.240. The van der Waals surface area contributed by atoms with Gasteiger partial charge in [0, 0.05) is 18.3 Å². The molecule has 0 aliphatic heterocycles. The Morgan fingerprint density at radius 1 is 1.00 bits per heavy atom. The number of amides is 1. The van der Waals surface area contributed by atoms with Gasteiger partial charge in [0.15, 0.2) is 0 Å². The summed E-state index contributed by atoms with van der Waals surface area (Å²) >= 11 is 0. The number of para-hydroxylation sites is 1. The lowest BCUT2D eigenvalue weighted by Gasteiger charge is -2.15. The first-order chi connectivity index (χ1) is 15.5. The summed E-state index contributed by atoms with van der Waals surface area (Å²) in [6.45, 7) is 5.53. The van der Waals surface area contributed by atoms with Gasteiger partial charge in [0.2, 0.25) is 5.91 Å². The van der Waals surface area contributed by atoms with Gasteiger partial charge in [-0.1, -0.05) is 48.5 Å². The van der Waals surface area contributed by atoms with E-state index in [-0.39, 0.29) is 12.5 Å². The monoisotopic (exact) mass is 428 g/mol. The quantitative estimate of drug-likeness (QED) is 0.463. The van der Waals surface area contributed by atoms with E-state index in [9.17, 15) is 4.79 Å². The maximum Gasteiger partial charge on any atom is 0.238 e. The third-order valence-corrected chi connectivity index (χ3v) is 5.30. The maximum absolute atomic E-state index is 12.7. The summed E-state index contributed by atoms with van der Waals surface area (Å²) in [7, 11) is 1.93. The summed E-state index contributed by atoms with van der Waals surface area (Å²) in [5, 5.41) is 12.1. The minimum atomic E-state index is -0.0667. The summed E-state index contributed by atoms with van der Waals surface area (Å²) in [6, 6.07) is 20.1. The Hall–Kier alpha value is -3.71. The van der Waals surface area contributed by atoms with E-state index in [2.05, 4.69) is 27.6 Å². The van der Waals surface area contributed by atoms with E-state index in [0.29, 0.717) is 6.54 Å². The van der Waals surface area contributed by atoms with E-state index in [0.717, 1.165) is 34.9 Å². The van der Waals surface area contributed by atoms with Crippen LogP contribution >= 0.6 is 0 Å². The highest BCUT2D eigenvalue weighted by atomic mass is 16.2. The van der Waals surface area contributed by atoms with Gasteiger partial charge in [0.1, 0.15) is 0 Å². The number of benzene rings is 2. The molecule has 0 spiro atoms. The van der Waals surface area contributed by atoms with Crippen LogP contribution in [0.2, 0.25) is 0 Å². The Labute approximate surface area is 188 Å². The van der Waals surface area contributed by atoms with Gasteiger partial charge in [0.05, 0.1) is 42.0 Å². The molecule has 1 amide bonds. The first kappa shape index (κ1) is 21.5. The van der Waals surface area contributed by atoms with Gasteiger partial charge in [-0.25, -0.2) is 4.68 Å². The average Bonchev–Trinajstić information content (AvgIpc) is 3.33. The summed E-state index contributed by atoms with van der Waals surface area (Å²) < 4.78 is 3.78. The molecule has 0 fully saturated rings. The molecule has 32 heavy (non-hydrogen) atoms. The molecule has 0 unspecified atom stereocenters. The number of hydrogen-bond donors (Lipinski definition) is 1. The van der Waals surface area contributed by atoms with E-state index in [1.54, 1.807) is 0 Å². The Balaban J connectivity index is 1.34. The molecule has 2 aromatic heterocycles. The average molecular weight is 429 g/mol. The van der Waals surface area contributed by atoms with Crippen LogP contribution in [0.4, 0.5) is 5.69 Å². The van der Waals surface area contributed by atoms with Crippen LogP contribution in [0, 0.1) is 13.8 Å². The molecule has 7 heteroatoms. The number of nitrogens with zero attached hydrogens (tertiary/aromatic N) is 5. The van der Waals surface area contributed by atoms with Crippen molar-refractivity contribution < 1.29 is 4.79 Å². The standard InChI is InChI=1S/C25H28N6O/c1-19-25(20(2)31(28-19)23-12-8-5-9-13-23)27-24(32)18-29(3)15-22-14-26-30(17-22)16-21-10-6-4-7-11-21/h4-14,17H,15-16,18H2,1-3H3,(H,27,32). The minimum Gasteiger partial charge on any atom is -0.322 e. The molecule has 2 aromatic carbocycles. The van der Waals surface area contributed by atoms with Crippen molar-refractivity contribution in [2.45, 2.75) is 26.9 Å². The molecule has 4 aromatic rings. The van der Waals surface area contributed by atoms with E-state index in [4.69, 9.17) is 0 Å². The Kier molecular flexibility index (Phi) is 6.47. The molecule has 0 aliphatic rings. The van der Waals surface area contributed by atoms with Crippen LogP contribution in [0.5, 0.6) is 0 Å². The van der Waals surface area contributed by atoms with E-state index >= 15 is 0 Å². The summed E-state index contributed by atoms with van der Waals surface area (Å²) in [6.07, 6.45) is 3.88. The molecular formula is C25H28N6O. The van der Waals surface area contributed by atoms with Crippen molar-refractivity contribution >= 4 is 11.6 Å². The van der Waals surface area contributed by atoms with Crippen LogP contribution in [0.1, 0.15) is 22.5 Å². The second-order valence-corrected chi connectivity index (χ2v) is 8.05. The summed E-state index contributed by atoms with van der Waals surface area (Å²) in [4.78, 5) is 14.7. The molecule has 0 bridgehead atoms. The van der Waals surface area contributed by atoms with Crippen LogP contribution in [-0.4, -0.2) is 44.0 Å². The molecule has 164 valence electrons. The molecule has 0 saturated heterocycles. The maximum atomic E-state index is 12.7. The first-order valence-electron chi connectivity index (χ1n) is 10.6. The van der Waals surface area contributed by atoms with Crippen LogP contribution in [-0.2, 0) is 17.9 Å². The van der Waals surface area contributed by atoms with E-state index in [1.165, 1.54) is 5.56 Å². The summed E-state index contributed by atoms with van der Waals surface area (Å²) in [5.41, 5.74) is 5.72. The molecule has 4 rings (SSSR count). The zero-order valence-electron chi connectivity index (χ0n) is 18.7. The largest absolute Gasteiger partial charge is 0.322 e. The van der Waals surface area contributed by atoms with Crippen molar-refractivity contribution in [3.8, 4) is 5.69 Å². The van der Waals surface area contributed by atoms with Crippen molar-refractivity contribution in [1.82, 2.24) is 24.5 Å². The van der Waals surface area contributed by atoms with E-state index < -0.39 is 0 Å². The predicted molar refractivity (Wildman–Crippen MR) is 126 cm³/mol. The Bertz CT molecular complexity index is 1180. The molecule has 7 nitrogen and oxygen atoms in total. The van der Waals surface area contributed by atoms with Crippen LogP contribution in [0.25, 0.3) is 5.69 Å². The topological polar surface area (TPSA) is 68.0 Å². The first-order valence-corrected chi connectivity index (χ1v) is 10.6. The van der Waals surface area contributed by atoms with Crippen molar-refractivity contribution in [2.75, 3.05) is 18.9 Å². The fourth-order valence-corrected chi connectivity index (χ4v) is 3.78. The number of hydrogen-bond acceptors (Lipinski definition) is 4. The number of aromatic nitrogens is 4. The van der Waals surface area contributed by atoms with Crippen LogP contribution in [0.3, 0.4) is 0 Å². The van der Waals surface area contributed by atoms with Gasteiger partial charge in [-0.05, 0) is 38.6 Å². The highest BCUT2D eigenvalue weighted by Gasteiger charge is 2.16. The third kappa shape index (κ3) is 5.12. The number of anilines is 1. The molecule has 0 aliphatic carbocycles. The van der Waals surface area contributed by atoms with Crippen molar-refractivity contribution in [2.24, 2.45) is 0 Å². The van der Waals surface area contributed by atoms with Crippen molar-refractivity contribution in [1.29, 1.82) is 0 Å². The molecule has 0 radical (unpaired) electrons. The third-order valence-electron chi connectivity index (χ3n) is 5.30. The molecule has 0 atom stereocenters. The zero-order valence-corrected chi connectivity index (χ0v) is 18.7. The van der Waals surface area contributed by atoms with Crippen LogP contribution in [0.15, 0.2) is 73.1 Å². The lowest BCUT2D eigenvalue weighted by atomic mass is 10.2. The number of carbonyl (C=O) groups is 1. The highest BCUT2D eigenvalue weighted by molar-refractivity contribution is 5.93. The number of nitrogens with one attached hydrogen (secondary N) is 1. The summed E-state index contributed by atoms with van der Waals surface area (Å²) in [5.74, 6) is -0.0667. The lowest BCUT2D eigenvalue weighted by Crippen LogP contribution is -2.30. The van der Waals surface area contributed by atoms with Gasteiger partial charge < -0.3 is 5.32 Å². The van der Waals surface area contributed by atoms with Crippen LogP contribution < -0.4 is 5.32 Å². The number of rotatable bonds is 8. The van der Waals surface area contributed by atoms with Gasteiger partial charge >= 0.3 is 0 Å². The Morgan fingerprint density at radius 2 is 1.69 bits per heavy atom. The molecule has 0 saturated carbocycles. The highest BCUT2D eigenvalue weighted by Crippen LogP contribution is 2.22. The van der Waals surface area contributed by atoms with Crippen molar-refractivity contribution in [3.05, 3.63) is 95.6 Å². The second-order valence-electron chi connectivity index (χ2n) is 8.05. The Morgan fingerprint density at radius 3 is 2.41 bits per heavy atom. The number of aryl methyl sites for hydroxylation is 1. The smallest absolute Gasteiger partial charge is 0.238 e. The van der Waals surface area contributed by atoms with Gasteiger partial charge in [-0.2, -0.15) is 10.2 Å². The zero-order chi connectivity index (χ0) is 22.5.